The van der Waals surface area contributed by atoms with E-state index < -0.39 is 5.60 Å². The van der Waals surface area contributed by atoms with Crippen molar-refractivity contribution in [1.82, 2.24) is 10.3 Å². The van der Waals surface area contributed by atoms with Gasteiger partial charge in [0.05, 0.1) is 12.7 Å². The van der Waals surface area contributed by atoms with Gasteiger partial charge in [0.1, 0.15) is 11.4 Å². The number of hydrogen-bond acceptors (Lipinski definition) is 4. The molecule has 0 saturated carbocycles. The Morgan fingerprint density at radius 3 is 2.83 bits per heavy atom. The highest BCUT2D eigenvalue weighted by Gasteiger charge is 2.25. The van der Waals surface area contributed by atoms with Crippen molar-refractivity contribution in [2.45, 2.75) is 26.4 Å². The molecule has 0 fully saturated rings. The standard InChI is InChI=1S/C13H20N2O3/c1-9(2)13(3,17)8-15-12(16)11-7-10(18-4)5-6-14-11/h5-7,9,17H,8H2,1-4H3,(H,15,16). The molecule has 1 amide bonds. The quantitative estimate of drug-likeness (QED) is 0.826. The van der Waals surface area contributed by atoms with Gasteiger partial charge in [0.25, 0.3) is 5.91 Å². The van der Waals surface area contributed by atoms with Crippen molar-refractivity contribution in [3.63, 3.8) is 0 Å². The van der Waals surface area contributed by atoms with Crippen molar-refractivity contribution in [3.05, 3.63) is 24.0 Å². The van der Waals surface area contributed by atoms with Crippen LogP contribution in [0, 0.1) is 5.92 Å². The van der Waals surface area contributed by atoms with Crippen molar-refractivity contribution in [1.29, 1.82) is 0 Å². The maximum absolute atomic E-state index is 11.8. The summed E-state index contributed by atoms with van der Waals surface area (Å²) >= 11 is 0. The zero-order valence-corrected chi connectivity index (χ0v) is 11.2. The minimum Gasteiger partial charge on any atom is -0.497 e. The number of pyridine rings is 1. The van der Waals surface area contributed by atoms with E-state index in [1.54, 1.807) is 19.1 Å². The first-order valence-electron chi connectivity index (χ1n) is 5.87. The highest BCUT2D eigenvalue weighted by atomic mass is 16.5. The number of aromatic nitrogens is 1. The average molecular weight is 252 g/mol. The maximum Gasteiger partial charge on any atom is 0.270 e. The number of amides is 1. The average Bonchev–Trinajstić information content (AvgIpc) is 2.36. The Hall–Kier alpha value is -1.62. The second kappa shape index (κ2) is 5.82. The van der Waals surface area contributed by atoms with Crippen LogP contribution >= 0.6 is 0 Å². The molecule has 0 bridgehead atoms. The number of rotatable bonds is 5. The SMILES string of the molecule is COc1ccnc(C(=O)NCC(C)(O)C(C)C)c1. The molecule has 18 heavy (non-hydrogen) atoms. The lowest BCUT2D eigenvalue weighted by Gasteiger charge is -2.27. The predicted octanol–water partition coefficient (Wildman–Crippen LogP) is 1.23. The van der Waals surface area contributed by atoms with Crippen LogP contribution in [0.25, 0.3) is 0 Å². The summed E-state index contributed by atoms with van der Waals surface area (Å²) in [5, 5.41) is 12.7. The van der Waals surface area contributed by atoms with Crippen LogP contribution in [0.2, 0.25) is 0 Å². The summed E-state index contributed by atoms with van der Waals surface area (Å²) in [5.41, 5.74) is -0.664. The van der Waals surface area contributed by atoms with E-state index in [-0.39, 0.29) is 24.1 Å². The Bertz CT molecular complexity index is 416. The van der Waals surface area contributed by atoms with Crippen molar-refractivity contribution >= 4 is 5.91 Å². The van der Waals surface area contributed by atoms with Crippen molar-refractivity contribution in [2.24, 2.45) is 5.92 Å². The molecule has 0 aliphatic heterocycles. The molecule has 0 aliphatic carbocycles. The fourth-order valence-corrected chi connectivity index (χ4v) is 1.22. The first-order chi connectivity index (χ1) is 8.36. The predicted molar refractivity (Wildman–Crippen MR) is 68.6 cm³/mol. The molecule has 1 heterocycles. The maximum atomic E-state index is 11.8. The fraction of sp³-hybridized carbons (Fsp3) is 0.538. The van der Waals surface area contributed by atoms with E-state index in [0.29, 0.717) is 5.75 Å². The van der Waals surface area contributed by atoms with Crippen LogP contribution in [0.15, 0.2) is 18.3 Å². The smallest absolute Gasteiger partial charge is 0.270 e. The van der Waals surface area contributed by atoms with Crippen molar-refractivity contribution in [2.75, 3.05) is 13.7 Å². The van der Waals surface area contributed by atoms with Gasteiger partial charge in [-0.2, -0.15) is 0 Å². The molecule has 0 aromatic carbocycles. The topological polar surface area (TPSA) is 71.5 Å². The first kappa shape index (κ1) is 14.4. The third-order valence-electron chi connectivity index (χ3n) is 3.05. The summed E-state index contributed by atoms with van der Waals surface area (Å²) in [7, 11) is 1.53. The van der Waals surface area contributed by atoms with Gasteiger partial charge in [0, 0.05) is 18.8 Å². The number of ether oxygens (including phenoxy) is 1. The van der Waals surface area contributed by atoms with E-state index in [0.717, 1.165) is 0 Å². The summed E-state index contributed by atoms with van der Waals surface area (Å²) in [4.78, 5) is 15.8. The van der Waals surface area contributed by atoms with Gasteiger partial charge in [0.15, 0.2) is 0 Å². The van der Waals surface area contributed by atoms with Crippen LogP contribution in [0.3, 0.4) is 0 Å². The molecule has 0 radical (unpaired) electrons. The minimum absolute atomic E-state index is 0.0519. The second-order valence-electron chi connectivity index (χ2n) is 4.78. The largest absolute Gasteiger partial charge is 0.497 e. The molecule has 0 saturated heterocycles. The highest BCUT2D eigenvalue weighted by Crippen LogP contribution is 2.15. The Balaban J connectivity index is 2.66. The first-order valence-corrected chi connectivity index (χ1v) is 5.87. The molecule has 1 rings (SSSR count). The number of aliphatic hydroxyl groups is 1. The molecule has 0 aliphatic rings. The molecule has 2 N–H and O–H groups in total. The molecule has 0 spiro atoms. The van der Waals surface area contributed by atoms with Crippen LogP contribution in [0.1, 0.15) is 31.3 Å². The van der Waals surface area contributed by atoms with E-state index in [1.165, 1.54) is 13.3 Å². The lowest BCUT2D eigenvalue weighted by atomic mass is 9.92. The van der Waals surface area contributed by atoms with E-state index in [2.05, 4.69) is 10.3 Å². The fourth-order valence-electron chi connectivity index (χ4n) is 1.22. The van der Waals surface area contributed by atoms with Gasteiger partial charge in [-0.25, -0.2) is 0 Å². The summed E-state index contributed by atoms with van der Waals surface area (Å²) < 4.78 is 5.02. The number of nitrogens with one attached hydrogen (secondary N) is 1. The lowest BCUT2D eigenvalue weighted by Crippen LogP contribution is -2.44. The molecule has 1 aromatic rings. The van der Waals surface area contributed by atoms with Crippen LogP contribution < -0.4 is 10.1 Å². The van der Waals surface area contributed by atoms with Gasteiger partial charge in [-0.05, 0) is 18.9 Å². The van der Waals surface area contributed by atoms with E-state index >= 15 is 0 Å². The molecular formula is C13H20N2O3. The molecular weight excluding hydrogens is 232 g/mol. The van der Waals surface area contributed by atoms with Crippen LogP contribution in [-0.4, -0.2) is 35.3 Å². The number of methoxy groups -OCH3 is 1. The Morgan fingerprint density at radius 1 is 1.61 bits per heavy atom. The minimum atomic E-state index is -0.936. The van der Waals surface area contributed by atoms with Crippen LogP contribution in [-0.2, 0) is 0 Å². The third kappa shape index (κ3) is 3.70. The molecule has 1 aromatic heterocycles. The van der Waals surface area contributed by atoms with Crippen LogP contribution in [0.4, 0.5) is 0 Å². The zero-order chi connectivity index (χ0) is 13.8. The van der Waals surface area contributed by atoms with Crippen LogP contribution in [0.5, 0.6) is 5.75 Å². The van der Waals surface area contributed by atoms with E-state index in [4.69, 9.17) is 4.74 Å². The highest BCUT2D eigenvalue weighted by molar-refractivity contribution is 5.92. The lowest BCUT2D eigenvalue weighted by molar-refractivity contribution is 0.0142. The number of carbonyl (C=O) groups excluding carboxylic acids is 1. The van der Waals surface area contributed by atoms with Gasteiger partial charge in [-0.15, -0.1) is 0 Å². The summed E-state index contributed by atoms with van der Waals surface area (Å²) in [6.07, 6.45) is 1.51. The monoisotopic (exact) mass is 252 g/mol. The summed E-state index contributed by atoms with van der Waals surface area (Å²) in [6, 6.07) is 3.22. The van der Waals surface area contributed by atoms with Crippen molar-refractivity contribution < 1.29 is 14.6 Å². The second-order valence-corrected chi connectivity index (χ2v) is 4.78. The Morgan fingerprint density at radius 2 is 2.28 bits per heavy atom. The summed E-state index contributed by atoms with van der Waals surface area (Å²) in [6.45, 7) is 5.67. The van der Waals surface area contributed by atoms with Gasteiger partial charge in [0.2, 0.25) is 0 Å². The zero-order valence-electron chi connectivity index (χ0n) is 11.2. The van der Waals surface area contributed by atoms with Crippen molar-refractivity contribution in [3.8, 4) is 5.75 Å². The Labute approximate surface area is 107 Å². The van der Waals surface area contributed by atoms with Gasteiger partial charge >= 0.3 is 0 Å². The molecule has 1 unspecified atom stereocenters. The van der Waals surface area contributed by atoms with E-state index in [1.807, 2.05) is 13.8 Å². The third-order valence-corrected chi connectivity index (χ3v) is 3.05. The molecule has 1 atom stereocenters. The van der Waals surface area contributed by atoms with E-state index in [9.17, 15) is 9.90 Å². The number of nitrogens with zero attached hydrogens (tertiary/aromatic N) is 1. The van der Waals surface area contributed by atoms with Gasteiger partial charge < -0.3 is 15.2 Å². The van der Waals surface area contributed by atoms with Gasteiger partial charge in [-0.3, -0.25) is 9.78 Å². The molecule has 5 nitrogen and oxygen atoms in total. The van der Waals surface area contributed by atoms with Gasteiger partial charge in [-0.1, -0.05) is 13.8 Å². The normalized spacial score (nSPS) is 14.1. The summed E-state index contributed by atoms with van der Waals surface area (Å²) in [5.74, 6) is 0.302. The Kier molecular flexibility index (Phi) is 4.67. The molecule has 5 heteroatoms. The number of carbonyl (C=O) groups is 1. The number of hydrogen-bond donors (Lipinski definition) is 2. The molecule has 100 valence electrons.